The highest BCUT2D eigenvalue weighted by Crippen LogP contribution is 2.22. The van der Waals surface area contributed by atoms with E-state index < -0.39 is 0 Å². The second-order valence-corrected chi connectivity index (χ2v) is 5.25. The summed E-state index contributed by atoms with van der Waals surface area (Å²) in [4.78, 5) is 1.44. The van der Waals surface area contributed by atoms with E-state index in [0.717, 1.165) is 12.3 Å². The fourth-order valence-corrected chi connectivity index (χ4v) is 2.58. The Labute approximate surface area is 91.1 Å². The Balaban J connectivity index is 2.33. The predicted molar refractivity (Wildman–Crippen MR) is 60.2 cm³/mol. The summed E-state index contributed by atoms with van der Waals surface area (Å²) in [6, 6.07) is 2.19. The summed E-state index contributed by atoms with van der Waals surface area (Å²) in [5.41, 5.74) is 0. The molecule has 0 spiro atoms. The molecule has 1 aromatic rings. The Morgan fingerprint density at radius 1 is 1.67 bits per heavy atom. The van der Waals surface area contributed by atoms with Gasteiger partial charge in [-0.2, -0.15) is 0 Å². The van der Waals surface area contributed by atoms with Crippen LogP contribution < -0.4 is 0 Å². The molecule has 3 heteroatoms. The summed E-state index contributed by atoms with van der Waals surface area (Å²) in [6.07, 6.45) is 2.35. The maximum atomic E-state index is 5.72. The zero-order chi connectivity index (χ0) is 8.97. The molecule has 0 saturated carbocycles. The fraction of sp³-hybridized carbons (Fsp3) is 0.556. The second kappa shape index (κ2) is 5.25. The van der Waals surface area contributed by atoms with E-state index in [4.69, 9.17) is 11.6 Å². The first kappa shape index (κ1) is 10.6. The van der Waals surface area contributed by atoms with E-state index in [2.05, 4.69) is 34.3 Å². The minimum atomic E-state index is 0.632. The Hall–Kier alpha value is 0.470. The summed E-state index contributed by atoms with van der Waals surface area (Å²) in [6.45, 7) is 2.19. The van der Waals surface area contributed by atoms with Crippen LogP contribution in [0.4, 0.5) is 0 Å². The van der Waals surface area contributed by atoms with Crippen LogP contribution in [0, 0.1) is 5.92 Å². The third-order valence-corrected chi connectivity index (χ3v) is 4.05. The molecule has 0 saturated heterocycles. The van der Waals surface area contributed by atoms with Crippen molar-refractivity contribution < 1.29 is 0 Å². The van der Waals surface area contributed by atoms with Gasteiger partial charge < -0.3 is 0 Å². The average Bonchev–Trinajstić information content (AvgIpc) is 2.47. The summed E-state index contributed by atoms with van der Waals surface area (Å²) >= 11 is 11.0. The molecule has 1 aromatic heterocycles. The van der Waals surface area contributed by atoms with Gasteiger partial charge >= 0.3 is 0 Å². The molecule has 0 radical (unpaired) electrons. The quantitative estimate of drug-likeness (QED) is 0.713. The van der Waals surface area contributed by atoms with Gasteiger partial charge in [0.05, 0.1) is 0 Å². The summed E-state index contributed by atoms with van der Waals surface area (Å²) in [5.74, 6) is 1.40. The Morgan fingerprint density at radius 3 is 2.92 bits per heavy atom. The number of aryl methyl sites for hydroxylation is 1. The largest absolute Gasteiger partial charge is 0.148 e. The number of halogens is 2. The number of hydrogen-bond donors (Lipinski definition) is 0. The van der Waals surface area contributed by atoms with Gasteiger partial charge in [-0.1, -0.05) is 6.92 Å². The highest BCUT2D eigenvalue weighted by molar-refractivity contribution is 9.10. The van der Waals surface area contributed by atoms with Crippen molar-refractivity contribution in [2.75, 3.05) is 5.88 Å². The molecule has 0 aliphatic carbocycles. The van der Waals surface area contributed by atoms with Crippen molar-refractivity contribution in [3.8, 4) is 0 Å². The molecule has 1 atom stereocenters. The lowest BCUT2D eigenvalue weighted by molar-refractivity contribution is 0.596. The molecule has 0 aliphatic rings. The minimum absolute atomic E-state index is 0.632. The van der Waals surface area contributed by atoms with Gasteiger partial charge in [-0.3, -0.25) is 0 Å². The summed E-state index contributed by atoms with van der Waals surface area (Å²) < 4.78 is 1.20. The topological polar surface area (TPSA) is 0 Å². The predicted octanol–water partition coefficient (Wildman–Crippen LogP) is 4.32. The molecule has 0 aromatic carbocycles. The Bertz CT molecular complexity index is 234. The smallest absolute Gasteiger partial charge is 0.0285 e. The molecule has 0 bridgehead atoms. The molecule has 1 heterocycles. The van der Waals surface area contributed by atoms with Gasteiger partial charge in [0.15, 0.2) is 0 Å². The van der Waals surface area contributed by atoms with Gasteiger partial charge in [0.1, 0.15) is 0 Å². The van der Waals surface area contributed by atoms with Crippen LogP contribution >= 0.6 is 38.9 Å². The van der Waals surface area contributed by atoms with Crippen LogP contribution in [0.2, 0.25) is 0 Å². The monoisotopic (exact) mass is 266 g/mol. The Morgan fingerprint density at radius 2 is 2.42 bits per heavy atom. The SMILES string of the molecule is CC(CCl)CCc1cc(Br)cs1. The van der Waals surface area contributed by atoms with E-state index in [1.807, 2.05) is 11.3 Å². The van der Waals surface area contributed by atoms with Gasteiger partial charge in [0.2, 0.25) is 0 Å². The summed E-state index contributed by atoms with van der Waals surface area (Å²) in [5, 5.41) is 2.13. The molecule has 0 N–H and O–H groups in total. The fourth-order valence-electron chi connectivity index (χ4n) is 0.951. The molecule has 68 valence electrons. The molecule has 0 aliphatic heterocycles. The van der Waals surface area contributed by atoms with Crippen molar-refractivity contribution in [1.29, 1.82) is 0 Å². The zero-order valence-corrected chi connectivity index (χ0v) is 10.2. The van der Waals surface area contributed by atoms with E-state index in [0.29, 0.717) is 5.92 Å². The first-order valence-electron chi connectivity index (χ1n) is 4.01. The average molecular weight is 268 g/mol. The first-order valence-corrected chi connectivity index (χ1v) is 6.22. The van der Waals surface area contributed by atoms with Crippen molar-refractivity contribution in [3.63, 3.8) is 0 Å². The van der Waals surface area contributed by atoms with Crippen molar-refractivity contribution >= 4 is 38.9 Å². The maximum absolute atomic E-state index is 5.72. The van der Waals surface area contributed by atoms with Crippen molar-refractivity contribution in [3.05, 3.63) is 20.8 Å². The molecule has 0 fully saturated rings. The van der Waals surface area contributed by atoms with Gasteiger partial charge in [-0.05, 0) is 40.8 Å². The van der Waals surface area contributed by atoms with E-state index in [9.17, 15) is 0 Å². The van der Waals surface area contributed by atoms with Gasteiger partial charge in [0.25, 0.3) is 0 Å². The number of hydrogen-bond acceptors (Lipinski definition) is 1. The number of thiophene rings is 1. The third kappa shape index (κ3) is 3.46. The number of alkyl halides is 1. The lowest BCUT2D eigenvalue weighted by Crippen LogP contribution is -1.97. The van der Waals surface area contributed by atoms with Crippen LogP contribution in [0.1, 0.15) is 18.2 Å². The van der Waals surface area contributed by atoms with Crippen molar-refractivity contribution in [2.45, 2.75) is 19.8 Å². The van der Waals surface area contributed by atoms with Gasteiger partial charge in [-0.15, -0.1) is 22.9 Å². The third-order valence-electron chi connectivity index (χ3n) is 1.77. The van der Waals surface area contributed by atoms with E-state index in [1.165, 1.54) is 15.8 Å². The lowest BCUT2D eigenvalue weighted by atomic mass is 10.1. The van der Waals surface area contributed by atoms with Gasteiger partial charge in [0, 0.05) is 20.6 Å². The molecule has 12 heavy (non-hydrogen) atoms. The normalized spacial score (nSPS) is 13.2. The molecular weight excluding hydrogens is 256 g/mol. The molecule has 1 rings (SSSR count). The molecule has 1 unspecified atom stereocenters. The van der Waals surface area contributed by atoms with E-state index >= 15 is 0 Å². The van der Waals surface area contributed by atoms with Crippen LogP contribution in [-0.4, -0.2) is 5.88 Å². The van der Waals surface area contributed by atoms with Crippen molar-refractivity contribution in [2.24, 2.45) is 5.92 Å². The standard InChI is InChI=1S/C9H12BrClS/c1-7(5-11)2-3-9-4-8(10)6-12-9/h4,6-7H,2-3,5H2,1H3. The van der Waals surface area contributed by atoms with Gasteiger partial charge in [-0.25, -0.2) is 0 Å². The van der Waals surface area contributed by atoms with Crippen LogP contribution in [0.25, 0.3) is 0 Å². The van der Waals surface area contributed by atoms with E-state index in [-0.39, 0.29) is 0 Å². The molecular formula is C9H12BrClS. The van der Waals surface area contributed by atoms with Crippen molar-refractivity contribution in [1.82, 2.24) is 0 Å². The number of rotatable bonds is 4. The highest BCUT2D eigenvalue weighted by Gasteiger charge is 2.02. The molecule has 0 amide bonds. The highest BCUT2D eigenvalue weighted by atomic mass is 79.9. The zero-order valence-electron chi connectivity index (χ0n) is 7.02. The maximum Gasteiger partial charge on any atom is 0.0285 e. The van der Waals surface area contributed by atoms with Crippen LogP contribution in [-0.2, 0) is 6.42 Å². The minimum Gasteiger partial charge on any atom is -0.148 e. The second-order valence-electron chi connectivity index (χ2n) is 3.03. The summed E-state index contributed by atoms with van der Waals surface area (Å²) in [7, 11) is 0. The lowest BCUT2D eigenvalue weighted by Gasteiger charge is -2.04. The van der Waals surface area contributed by atoms with Crippen LogP contribution in [0.15, 0.2) is 15.9 Å². The molecule has 0 nitrogen and oxygen atoms in total. The van der Waals surface area contributed by atoms with Crippen LogP contribution in [0.5, 0.6) is 0 Å². The Kier molecular flexibility index (Phi) is 4.62. The first-order chi connectivity index (χ1) is 5.72. The van der Waals surface area contributed by atoms with Crippen LogP contribution in [0.3, 0.4) is 0 Å². The van der Waals surface area contributed by atoms with E-state index in [1.54, 1.807) is 0 Å².